The van der Waals surface area contributed by atoms with E-state index in [0.29, 0.717) is 31.9 Å². The van der Waals surface area contributed by atoms with Crippen LogP contribution in [0.25, 0.3) is 0 Å². The Hall–Kier alpha value is -2.68. The standard InChI is InChI=1S/C20H28N6O3/c1-23-10-6-16(22-23)18(27)26-13-15(17-5-8-21-24(17)2)20(14-26)7-4-9-25(19(20)28)11-12-29-3/h5-6,8,10,15H,4,7,9,11-14H2,1-3H3/t15-,20+/m0/s1. The average molecular weight is 400 g/mol. The molecule has 2 fully saturated rings. The lowest BCUT2D eigenvalue weighted by Gasteiger charge is -2.42. The summed E-state index contributed by atoms with van der Waals surface area (Å²) in [6, 6.07) is 3.68. The van der Waals surface area contributed by atoms with E-state index in [0.717, 1.165) is 25.1 Å². The number of aryl methyl sites for hydroxylation is 2. The molecule has 4 heterocycles. The summed E-state index contributed by atoms with van der Waals surface area (Å²) in [4.78, 5) is 30.5. The van der Waals surface area contributed by atoms with Crippen LogP contribution in [0, 0.1) is 5.41 Å². The number of likely N-dealkylation sites (tertiary alicyclic amines) is 2. The second kappa shape index (κ2) is 7.62. The van der Waals surface area contributed by atoms with Crippen LogP contribution in [0.4, 0.5) is 0 Å². The number of aromatic nitrogens is 4. The minimum atomic E-state index is -0.635. The number of ether oxygens (including phenoxy) is 1. The van der Waals surface area contributed by atoms with E-state index in [1.54, 1.807) is 42.2 Å². The molecule has 2 aromatic rings. The van der Waals surface area contributed by atoms with Crippen molar-refractivity contribution < 1.29 is 14.3 Å². The van der Waals surface area contributed by atoms with Crippen molar-refractivity contribution in [3.05, 3.63) is 35.9 Å². The number of piperidine rings is 1. The van der Waals surface area contributed by atoms with Crippen LogP contribution >= 0.6 is 0 Å². The number of methoxy groups -OCH3 is 1. The molecule has 9 nitrogen and oxygen atoms in total. The van der Waals surface area contributed by atoms with Crippen molar-refractivity contribution in [3.63, 3.8) is 0 Å². The second-order valence-corrected chi connectivity index (χ2v) is 8.04. The van der Waals surface area contributed by atoms with Gasteiger partial charge in [-0.05, 0) is 25.0 Å². The molecule has 2 amide bonds. The van der Waals surface area contributed by atoms with Crippen LogP contribution in [0.15, 0.2) is 24.5 Å². The zero-order chi connectivity index (χ0) is 20.6. The van der Waals surface area contributed by atoms with Gasteiger partial charge in [0.1, 0.15) is 5.69 Å². The number of amides is 2. The number of hydrogen-bond acceptors (Lipinski definition) is 5. The molecule has 156 valence electrons. The molecule has 0 bridgehead atoms. The highest BCUT2D eigenvalue weighted by Gasteiger charge is 2.57. The van der Waals surface area contributed by atoms with Crippen molar-refractivity contribution in [1.82, 2.24) is 29.4 Å². The summed E-state index contributed by atoms with van der Waals surface area (Å²) in [5, 5.41) is 8.58. The highest BCUT2D eigenvalue weighted by Crippen LogP contribution is 2.49. The fourth-order valence-corrected chi connectivity index (χ4v) is 4.85. The van der Waals surface area contributed by atoms with Crippen molar-refractivity contribution in [2.45, 2.75) is 18.8 Å². The molecule has 0 saturated carbocycles. The van der Waals surface area contributed by atoms with Crippen molar-refractivity contribution in [2.75, 3.05) is 39.9 Å². The molecule has 29 heavy (non-hydrogen) atoms. The average Bonchev–Trinajstić information content (AvgIpc) is 3.41. The minimum Gasteiger partial charge on any atom is -0.383 e. The van der Waals surface area contributed by atoms with Crippen molar-refractivity contribution in [3.8, 4) is 0 Å². The third kappa shape index (κ3) is 3.33. The summed E-state index contributed by atoms with van der Waals surface area (Å²) in [5.74, 6) is -0.111. The topological polar surface area (TPSA) is 85.5 Å². The van der Waals surface area contributed by atoms with E-state index in [2.05, 4.69) is 10.2 Å². The normalized spacial score (nSPS) is 24.7. The van der Waals surface area contributed by atoms with E-state index < -0.39 is 5.41 Å². The predicted octanol–water partition coefficient (Wildman–Crippen LogP) is 0.648. The van der Waals surface area contributed by atoms with E-state index in [-0.39, 0.29) is 17.7 Å². The maximum atomic E-state index is 13.7. The molecule has 0 unspecified atom stereocenters. The first kappa shape index (κ1) is 19.6. The van der Waals surface area contributed by atoms with Crippen molar-refractivity contribution in [2.24, 2.45) is 19.5 Å². The van der Waals surface area contributed by atoms with Crippen LogP contribution in [0.2, 0.25) is 0 Å². The van der Waals surface area contributed by atoms with Gasteiger partial charge in [-0.25, -0.2) is 0 Å². The highest BCUT2D eigenvalue weighted by molar-refractivity contribution is 5.94. The maximum Gasteiger partial charge on any atom is 0.274 e. The Morgan fingerprint density at radius 1 is 1.34 bits per heavy atom. The van der Waals surface area contributed by atoms with Gasteiger partial charge in [-0.3, -0.25) is 19.0 Å². The molecule has 9 heteroatoms. The van der Waals surface area contributed by atoms with Gasteiger partial charge in [0, 0.05) is 71.4 Å². The third-order valence-electron chi connectivity index (χ3n) is 6.31. The molecule has 2 atom stereocenters. The Balaban J connectivity index is 1.68. The third-order valence-corrected chi connectivity index (χ3v) is 6.31. The Labute approximate surface area is 170 Å². The first-order chi connectivity index (χ1) is 14.0. The molecular weight excluding hydrogens is 372 g/mol. The zero-order valence-electron chi connectivity index (χ0n) is 17.2. The van der Waals surface area contributed by atoms with Gasteiger partial charge >= 0.3 is 0 Å². The van der Waals surface area contributed by atoms with Gasteiger partial charge in [-0.15, -0.1) is 0 Å². The van der Waals surface area contributed by atoms with E-state index in [1.165, 1.54) is 0 Å². The summed E-state index contributed by atoms with van der Waals surface area (Å²) >= 11 is 0. The largest absolute Gasteiger partial charge is 0.383 e. The molecule has 2 saturated heterocycles. The summed E-state index contributed by atoms with van der Waals surface area (Å²) < 4.78 is 8.64. The van der Waals surface area contributed by atoms with Crippen LogP contribution in [0.5, 0.6) is 0 Å². The van der Waals surface area contributed by atoms with Crippen molar-refractivity contribution in [1.29, 1.82) is 0 Å². The van der Waals surface area contributed by atoms with E-state index in [4.69, 9.17) is 4.74 Å². The molecule has 0 radical (unpaired) electrons. The number of nitrogens with zero attached hydrogens (tertiary/aromatic N) is 6. The SMILES string of the molecule is COCCN1CCC[C@]2(CN(C(=O)c3ccn(C)n3)C[C@H]2c2ccnn2C)C1=O. The van der Waals surface area contributed by atoms with Gasteiger partial charge in [0.05, 0.1) is 12.0 Å². The Morgan fingerprint density at radius 2 is 2.17 bits per heavy atom. The number of hydrogen-bond donors (Lipinski definition) is 0. The van der Waals surface area contributed by atoms with E-state index in [9.17, 15) is 9.59 Å². The monoisotopic (exact) mass is 400 g/mol. The zero-order valence-corrected chi connectivity index (χ0v) is 17.2. The molecular formula is C20H28N6O3. The van der Waals surface area contributed by atoms with Gasteiger partial charge in [0.15, 0.2) is 0 Å². The quantitative estimate of drug-likeness (QED) is 0.736. The molecule has 2 aliphatic rings. The van der Waals surface area contributed by atoms with Gasteiger partial charge in [-0.1, -0.05) is 0 Å². The van der Waals surface area contributed by atoms with E-state index >= 15 is 0 Å². The summed E-state index contributed by atoms with van der Waals surface area (Å²) in [6.45, 7) is 2.70. The first-order valence-electron chi connectivity index (χ1n) is 10.0. The number of carbonyl (C=O) groups excluding carboxylic acids is 2. The molecule has 4 rings (SSSR count). The van der Waals surface area contributed by atoms with Crippen LogP contribution < -0.4 is 0 Å². The van der Waals surface area contributed by atoms with Crippen LogP contribution in [-0.4, -0.2) is 81.1 Å². The molecule has 0 aromatic carbocycles. The lowest BCUT2D eigenvalue weighted by atomic mass is 9.70. The first-order valence-corrected chi connectivity index (χ1v) is 10.0. The molecule has 0 N–H and O–H groups in total. The number of carbonyl (C=O) groups is 2. The summed E-state index contributed by atoms with van der Waals surface area (Å²) in [5.41, 5.74) is 0.764. The lowest BCUT2D eigenvalue weighted by molar-refractivity contribution is -0.147. The van der Waals surface area contributed by atoms with Gasteiger partial charge < -0.3 is 14.5 Å². The van der Waals surface area contributed by atoms with E-state index in [1.807, 2.05) is 22.7 Å². The maximum absolute atomic E-state index is 13.7. The predicted molar refractivity (Wildman–Crippen MR) is 105 cm³/mol. The Kier molecular flexibility index (Phi) is 5.16. The molecule has 2 aliphatic heterocycles. The van der Waals surface area contributed by atoms with Crippen LogP contribution in [0.3, 0.4) is 0 Å². The second-order valence-electron chi connectivity index (χ2n) is 8.04. The molecule has 2 aromatic heterocycles. The smallest absolute Gasteiger partial charge is 0.274 e. The van der Waals surface area contributed by atoms with Crippen LogP contribution in [-0.2, 0) is 23.6 Å². The lowest BCUT2D eigenvalue weighted by Crippen LogP contribution is -2.53. The van der Waals surface area contributed by atoms with Gasteiger partial charge in [-0.2, -0.15) is 10.2 Å². The van der Waals surface area contributed by atoms with Crippen molar-refractivity contribution >= 4 is 11.8 Å². The minimum absolute atomic E-state index is 0.0968. The summed E-state index contributed by atoms with van der Waals surface area (Å²) in [6.07, 6.45) is 5.19. The highest BCUT2D eigenvalue weighted by atomic mass is 16.5. The van der Waals surface area contributed by atoms with Crippen LogP contribution in [0.1, 0.15) is 34.9 Å². The van der Waals surface area contributed by atoms with Gasteiger partial charge in [0.25, 0.3) is 5.91 Å². The summed E-state index contributed by atoms with van der Waals surface area (Å²) in [7, 11) is 5.33. The number of rotatable bonds is 5. The fraction of sp³-hybridized carbons (Fsp3) is 0.600. The molecule has 0 aliphatic carbocycles. The molecule has 1 spiro atoms. The van der Waals surface area contributed by atoms with Gasteiger partial charge in [0.2, 0.25) is 5.91 Å². The Bertz CT molecular complexity index is 906. The fourth-order valence-electron chi connectivity index (χ4n) is 4.85. The Morgan fingerprint density at radius 3 is 2.83 bits per heavy atom.